The SMILES string of the molecule is CCOCCCN1C(=O)C(c2ccccc2)NC(=O)C1C. The number of hydrogen-bond acceptors (Lipinski definition) is 3. The topological polar surface area (TPSA) is 58.6 Å². The minimum absolute atomic E-state index is 0.0511. The number of carbonyl (C=O) groups is 2. The van der Waals surface area contributed by atoms with Crippen molar-refractivity contribution in [3.05, 3.63) is 35.9 Å². The van der Waals surface area contributed by atoms with Crippen LogP contribution < -0.4 is 5.32 Å². The molecule has 114 valence electrons. The van der Waals surface area contributed by atoms with Gasteiger partial charge in [0.05, 0.1) is 0 Å². The number of hydrogen-bond donors (Lipinski definition) is 1. The number of rotatable bonds is 6. The molecular weight excluding hydrogens is 268 g/mol. The number of ether oxygens (including phenoxy) is 1. The lowest BCUT2D eigenvalue weighted by Crippen LogP contribution is -2.58. The standard InChI is InChI=1S/C16H22N2O3/c1-3-21-11-7-10-18-12(2)15(19)17-14(16(18)20)13-8-5-4-6-9-13/h4-6,8-9,12,14H,3,7,10-11H2,1-2H3,(H,17,19). The Morgan fingerprint density at radius 2 is 1.95 bits per heavy atom. The maximum absolute atomic E-state index is 12.6. The summed E-state index contributed by atoms with van der Waals surface area (Å²) in [4.78, 5) is 26.4. The molecule has 0 bridgehead atoms. The van der Waals surface area contributed by atoms with E-state index in [4.69, 9.17) is 4.74 Å². The maximum Gasteiger partial charge on any atom is 0.250 e. The van der Waals surface area contributed by atoms with E-state index in [1.807, 2.05) is 37.3 Å². The van der Waals surface area contributed by atoms with Crippen molar-refractivity contribution < 1.29 is 14.3 Å². The summed E-state index contributed by atoms with van der Waals surface area (Å²) in [6.45, 7) is 5.50. The van der Waals surface area contributed by atoms with Gasteiger partial charge in [-0.15, -0.1) is 0 Å². The van der Waals surface area contributed by atoms with Crippen molar-refractivity contribution in [2.45, 2.75) is 32.4 Å². The maximum atomic E-state index is 12.6. The van der Waals surface area contributed by atoms with Gasteiger partial charge in [-0.3, -0.25) is 9.59 Å². The predicted octanol–water partition coefficient (Wildman–Crippen LogP) is 1.50. The zero-order chi connectivity index (χ0) is 15.2. The monoisotopic (exact) mass is 290 g/mol. The number of piperazine rings is 1. The van der Waals surface area contributed by atoms with Gasteiger partial charge in [0.2, 0.25) is 11.8 Å². The quantitative estimate of drug-likeness (QED) is 0.808. The highest BCUT2D eigenvalue weighted by Crippen LogP contribution is 2.22. The number of nitrogens with zero attached hydrogens (tertiary/aromatic N) is 1. The molecule has 1 saturated heterocycles. The number of amides is 2. The lowest BCUT2D eigenvalue weighted by molar-refractivity contribution is -0.149. The average Bonchev–Trinajstić information content (AvgIpc) is 2.51. The molecular formula is C16H22N2O3. The van der Waals surface area contributed by atoms with Crippen molar-refractivity contribution in [1.82, 2.24) is 10.2 Å². The highest BCUT2D eigenvalue weighted by molar-refractivity contribution is 5.97. The van der Waals surface area contributed by atoms with Gasteiger partial charge in [0.15, 0.2) is 0 Å². The van der Waals surface area contributed by atoms with Crippen LogP contribution in [0.3, 0.4) is 0 Å². The fourth-order valence-corrected chi connectivity index (χ4v) is 2.48. The van der Waals surface area contributed by atoms with E-state index in [9.17, 15) is 9.59 Å². The van der Waals surface area contributed by atoms with Gasteiger partial charge in [-0.2, -0.15) is 0 Å². The molecule has 2 unspecified atom stereocenters. The molecule has 5 heteroatoms. The van der Waals surface area contributed by atoms with Gasteiger partial charge in [-0.25, -0.2) is 0 Å². The van der Waals surface area contributed by atoms with E-state index in [1.165, 1.54) is 0 Å². The third-order valence-corrected chi connectivity index (χ3v) is 3.69. The average molecular weight is 290 g/mol. The first-order valence-corrected chi connectivity index (χ1v) is 7.38. The Morgan fingerprint density at radius 1 is 1.24 bits per heavy atom. The molecule has 0 aromatic heterocycles. The molecule has 0 saturated carbocycles. The van der Waals surface area contributed by atoms with Crippen LogP contribution in [0.1, 0.15) is 31.9 Å². The first-order valence-electron chi connectivity index (χ1n) is 7.38. The van der Waals surface area contributed by atoms with E-state index in [1.54, 1.807) is 11.8 Å². The van der Waals surface area contributed by atoms with Crippen LogP contribution in [0.25, 0.3) is 0 Å². The first kappa shape index (κ1) is 15.5. The zero-order valence-corrected chi connectivity index (χ0v) is 12.5. The van der Waals surface area contributed by atoms with E-state index >= 15 is 0 Å². The second-order valence-electron chi connectivity index (χ2n) is 5.11. The van der Waals surface area contributed by atoms with E-state index in [2.05, 4.69) is 5.32 Å². The van der Waals surface area contributed by atoms with Crippen molar-refractivity contribution in [1.29, 1.82) is 0 Å². The van der Waals surface area contributed by atoms with Gasteiger partial charge in [-0.05, 0) is 25.8 Å². The summed E-state index contributed by atoms with van der Waals surface area (Å²) in [6, 6.07) is 8.33. The van der Waals surface area contributed by atoms with E-state index in [0.717, 1.165) is 12.0 Å². The summed E-state index contributed by atoms with van der Waals surface area (Å²) >= 11 is 0. The molecule has 21 heavy (non-hydrogen) atoms. The highest BCUT2D eigenvalue weighted by Gasteiger charge is 2.38. The molecule has 1 aliphatic rings. The smallest absolute Gasteiger partial charge is 0.250 e. The number of benzene rings is 1. The third-order valence-electron chi connectivity index (χ3n) is 3.69. The zero-order valence-electron chi connectivity index (χ0n) is 12.5. The lowest BCUT2D eigenvalue weighted by atomic mass is 10.0. The summed E-state index contributed by atoms with van der Waals surface area (Å²) < 4.78 is 5.29. The van der Waals surface area contributed by atoms with Crippen LogP contribution in [0.2, 0.25) is 0 Å². The van der Waals surface area contributed by atoms with Crippen LogP contribution >= 0.6 is 0 Å². The van der Waals surface area contributed by atoms with Gasteiger partial charge in [-0.1, -0.05) is 30.3 Å². The second-order valence-corrected chi connectivity index (χ2v) is 5.11. The van der Waals surface area contributed by atoms with Crippen LogP contribution in [-0.2, 0) is 14.3 Å². The van der Waals surface area contributed by atoms with Crippen LogP contribution in [-0.4, -0.2) is 42.5 Å². The first-order chi connectivity index (χ1) is 10.1. The van der Waals surface area contributed by atoms with Crippen LogP contribution in [0, 0.1) is 0 Å². The second kappa shape index (κ2) is 7.22. The molecule has 1 aliphatic heterocycles. The summed E-state index contributed by atoms with van der Waals surface area (Å²) in [6.07, 6.45) is 0.735. The molecule has 1 heterocycles. The van der Waals surface area contributed by atoms with Crippen molar-refractivity contribution in [3.63, 3.8) is 0 Å². The molecule has 2 rings (SSSR count). The fraction of sp³-hybridized carbons (Fsp3) is 0.500. The molecule has 1 aromatic rings. The van der Waals surface area contributed by atoms with Gasteiger partial charge < -0.3 is 15.0 Å². The lowest BCUT2D eigenvalue weighted by Gasteiger charge is -2.37. The van der Waals surface area contributed by atoms with Gasteiger partial charge in [0.25, 0.3) is 0 Å². The van der Waals surface area contributed by atoms with Crippen molar-refractivity contribution >= 4 is 11.8 Å². The van der Waals surface area contributed by atoms with Crippen LogP contribution in [0.4, 0.5) is 0 Å². The Labute approximate surface area is 125 Å². The summed E-state index contributed by atoms with van der Waals surface area (Å²) in [5.74, 6) is -0.162. The van der Waals surface area contributed by atoms with E-state index in [0.29, 0.717) is 19.8 Å². The Kier molecular flexibility index (Phi) is 5.33. The van der Waals surface area contributed by atoms with Crippen molar-refractivity contribution in [2.75, 3.05) is 19.8 Å². The molecule has 2 amide bonds. The Bertz CT molecular complexity index is 490. The van der Waals surface area contributed by atoms with Crippen molar-refractivity contribution in [3.8, 4) is 0 Å². The Balaban J connectivity index is 2.08. The fourth-order valence-electron chi connectivity index (χ4n) is 2.48. The Morgan fingerprint density at radius 3 is 2.62 bits per heavy atom. The van der Waals surface area contributed by atoms with Gasteiger partial charge in [0.1, 0.15) is 12.1 Å². The van der Waals surface area contributed by atoms with E-state index < -0.39 is 12.1 Å². The summed E-state index contributed by atoms with van der Waals surface area (Å²) in [5.41, 5.74) is 0.817. The number of carbonyl (C=O) groups excluding carboxylic acids is 2. The molecule has 0 radical (unpaired) electrons. The van der Waals surface area contributed by atoms with Gasteiger partial charge >= 0.3 is 0 Å². The molecule has 1 fully saturated rings. The molecule has 0 aliphatic carbocycles. The summed E-state index contributed by atoms with van der Waals surface area (Å²) in [5, 5.41) is 2.80. The molecule has 2 atom stereocenters. The van der Waals surface area contributed by atoms with Crippen molar-refractivity contribution in [2.24, 2.45) is 0 Å². The molecule has 5 nitrogen and oxygen atoms in total. The minimum Gasteiger partial charge on any atom is -0.382 e. The van der Waals surface area contributed by atoms with E-state index in [-0.39, 0.29) is 11.8 Å². The Hall–Kier alpha value is -1.88. The van der Waals surface area contributed by atoms with Crippen LogP contribution in [0.5, 0.6) is 0 Å². The molecule has 1 N–H and O–H groups in total. The number of nitrogens with one attached hydrogen (secondary N) is 1. The molecule has 1 aromatic carbocycles. The predicted molar refractivity (Wildman–Crippen MR) is 79.6 cm³/mol. The largest absolute Gasteiger partial charge is 0.382 e. The van der Waals surface area contributed by atoms with Crippen LogP contribution in [0.15, 0.2) is 30.3 Å². The molecule has 0 spiro atoms. The minimum atomic E-state index is -0.581. The third kappa shape index (κ3) is 3.61. The van der Waals surface area contributed by atoms with Gasteiger partial charge in [0, 0.05) is 19.8 Å². The normalized spacial score (nSPS) is 22.3. The summed E-state index contributed by atoms with van der Waals surface area (Å²) in [7, 11) is 0. The highest BCUT2D eigenvalue weighted by atomic mass is 16.5.